The van der Waals surface area contributed by atoms with Gasteiger partial charge >= 0.3 is 0 Å². The maximum atomic E-state index is 11.8. The summed E-state index contributed by atoms with van der Waals surface area (Å²) in [5.41, 5.74) is 0. The molecule has 0 spiro atoms. The quantitative estimate of drug-likeness (QED) is 0.805. The zero-order valence-corrected chi connectivity index (χ0v) is 13.9. The highest BCUT2D eigenvalue weighted by molar-refractivity contribution is 8.00. The van der Waals surface area contributed by atoms with Crippen molar-refractivity contribution >= 4 is 46.7 Å². The summed E-state index contributed by atoms with van der Waals surface area (Å²) in [7, 11) is 0. The van der Waals surface area contributed by atoms with E-state index in [1.807, 2.05) is 13.8 Å². The van der Waals surface area contributed by atoms with Crippen LogP contribution in [0.5, 0.6) is 0 Å². The summed E-state index contributed by atoms with van der Waals surface area (Å²) in [4.78, 5) is 24.1. The molecule has 20 heavy (non-hydrogen) atoms. The van der Waals surface area contributed by atoms with E-state index in [9.17, 15) is 9.59 Å². The SMILES string of the molecule is CC(=O)C(NC(=O)CSc1ccc(Cl)c(Cl)c1)C(C)C. The highest BCUT2D eigenvalue weighted by Gasteiger charge is 2.20. The molecule has 0 radical (unpaired) electrons. The van der Waals surface area contributed by atoms with Crippen LogP contribution in [0.25, 0.3) is 0 Å². The minimum Gasteiger partial charge on any atom is -0.345 e. The van der Waals surface area contributed by atoms with E-state index in [0.29, 0.717) is 10.0 Å². The molecule has 1 unspecified atom stereocenters. The Labute approximate surface area is 133 Å². The van der Waals surface area contributed by atoms with Crippen LogP contribution in [0.4, 0.5) is 0 Å². The Hall–Kier alpha value is -0.710. The molecule has 0 heterocycles. The van der Waals surface area contributed by atoms with Gasteiger partial charge in [0.05, 0.1) is 21.8 Å². The van der Waals surface area contributed by atoms with E-state index in [1.54, 1.807) is 18.2 Å². The second-order valence-electron chi connectivity index (χ2n) is 4.76. The van der Waals surface area contributed by atoms with E-state index in [1.165, 1.54) is 18.7 Å². The molecule has 1 rings (SSSR count). The monoisotopic (exact) mass is 333 g/mol. The maximum Gasteiger partial charge on any atom is 0.230 e. The van der Waals surface area contributed by atoms with Crippen LogP contribution in [-0.2, 0) is 9.59 Å². The second kappa shape index (κ2) is 7.91. The van der Waals surface area contributed by atoms with Gasteiger partial charge in [0.2, 0.25) is 5.91 Å². The van der Waals surface area contributed by atoms with E-state index in [2.05, 4.69) is 5.32 Å². The Morgan fingerprint density at radius 1 is 1.25 bits per heavy atom. The van der Waals surface area contributed by atoms with Crippen molar-refractivity contribution in [1.82, 2.24) is 5.32 Å². The third-order valence-electron chi connectivity index (χ3n) is 2.68. The van der Waals surface area contributed by atoms with Gasteiger partial charge < -0.3 is 5.32 Å². The summed E-state index contributed by atoms with van der Waals surface area (Å²) >= 11 is 13.1. The van der Waals surface area contributed by atoms with Crippen LogP contribution in [0.15, 0.2) is 23.1 Å². The fourth-order valence-corrected chi connectivity index (χ4v) is 2.78. The Kier molecular flexibility index (Phi) is 6.86. The number of nitrogens with one attached hydrogen (secondary N) is 1. The molecule has 0 aliphatic heterocycles. The third kappa shape index (κ3) is 5.35. The number of thioether (sulfide) groups is 1. The largest absolute Gasteiger partial charge is 0.345 e. The van der Waals surface area contributed by atoms with Gasteiger partial charge in [0.1, 0.15) is 0 Å². The molecule has 1 N–H and O–H groups in total. The molecule has 3 nitrogen and oxygen atoms in total. The zero-order chi connectivity index (χ0) is 15.3. The summed E-state index contributed by atoms with van der Waals surface area (Å²) in [6.45, 7) is 5.29. The van der Waals surface area contributed by atoms with Crippen LogP contribution < -0.4 is 5.32 Å². The number of halogens is 2. The van der Waals surface area contributed by atoms with Crippen LogP contribution in [0.2, 0.25) is 10.0 Å². The predicted molar refractivity (Wildman–Crippen MR) is 84.6 cm³/mol. The maximum absolute atomic E-state index is 11.8. The van der Waals surface area contributed by atoms with Crippen molar-refractivity contribution in [3.63, 3.8) is 0 Å². The fourth-order valence-electron chi connectivity index (χ4n) is 1.67. The summed E-state index contributed by atoms with van der Waals surface area (Å²) in [6.07, 6.45) is 0. The van der Waals surface area contributed by atoms with Crippen molar-refractivity contribution < 1.29 is 9.59 Å². The minimum atomic E-state index is -0.433. The first-order chi connectivity index (χ1) is 9.31. The summed E-state index contributed by atoms with van der Waals surface area (Å²) < 4.78 is 0. The van der Waals surface area contributed by atoms with Crippen LogP contribution in [0.3, 0.4) is 0 Å². The number of ketones is 1. The molecule has 110 valence electrons. The predicted octanol–water partition coefficient (Wildman–Crippen LogP) is 3.82. The van der Waals surface area contributed by atoms with Gasteiger partial charge in [-0.3, -0.25) is 9.59 Å². The standard InChI is InChI=1S/C14H17Cl2NO2S/c1-8(2)14(9(3)18)17-13(19)7-20-10-4-5-11(15)12(16)6-10/h4-6,8,14H,7H2,1-3H3,(H,17,19). The van der Waals surface area contributed by atoms with E-state index >= 15 is 0 Å². The van der Waals surface area contributed by atoms with Crippen molar-refractivity contribution in [2.45, 2.75) is 31.7 Å². The molecule has 0 fully saturated rings. The highest BCUT2D eigenvalue weighted by Crippen LogP contribution is 2.27. The lowest BCUT2D eigenvalue weighted by atomic mass is 10.0. The zero-order valence-electron chi connectivity index (χ0n) is 11.6. The van der Waals surface area contributed by atoms with Crippen LogP contribution in [-0.4, -0.2) is 23.5 Å². The minimum absolute atomic E-state index is 0.0344. The van der Waals surface area contributed by atoms with E-state index in [-0.39, 0.29) is 23.4 Å². The molecule has 6 heteroatoms. The third-order valence-corrected chi connectivity index (χ3v) is 4.41. The van der Waals surface area contributed by atoms with Gasteiger partial charge in [0.15, 0.2) is 5.78 Å². The topological polar surface area (TPSA) is 46.2 Å². The summed E-state index contributed by atoms with van der Waals surface area (Å²) in [5.74, 6) is 0.100. The van der Waals surface area contributed by atoms with Gasteiger partial charge in [0.25, 0.3) is 0 Å². The van der Waals surface area contributed by atoms with Crippen molar-refractivity contribution in [3.05, 3.63) is 28.2 Å². The van der Waals surface area contributed by atoms with E-state index < -0.39 is 6.04 Å². The Morgan fingerprint density at radius 3 is 2.40 bits per heavy atom. The molecule has 1 aromatic rings. The van der Waals surface area contributed by atoms with Crippen molar-refractivity contribution in [1.29, 1.82) is 0 Å². The van der Waals surface area contributed by atoms with Crippen LogP contribution in [0, 0.1) is 5.92 Å². The van der Waals surface area contributed by atoms with Crippen molar-refractivity contribution in [2.75, 3.05) is 5.75 Å². The van der Waals surface area contributed by atoms with Gasteiger partial charge in [-0.15, -0.1) is 11.8 Å². The fraction of sp³-hybridized carbons (Fsp3) is 0.429. The van der Waals surface area contributed by atoms with Crippen LogP contribution in [0.1, 0.15) is 20.8 Å². The lowest BCUT2D eigenvalue weighted by molar-refractivity contribution is -0.126. The Morgan fingerprint density at radius 2 is 1.90 bits per heavy atom. The van der Waals surface area contributed by atoms with Gasteiger partial charge in [0, 0.05) is 4.90 Å². The first-order valence-electron chi connectivity index (χ1n) is 6.19. The average Bonchev–Trinajstić information content (AvgIpc) is 2.36. The lowest BCUT2D eigenvalue weighted by Gasteiger charge is -2.19. The first kappa shape index (κ1) is 17.3. The number of rotatable bonds is 6. The number of hydrogen-bond acceptors (Lipinski definition) is 3. The number of hydrogen-bond donors (Lipinski definition) is 1. The molecule has 0 aromatic heterocycles. The number of carbonyl (C=O) groups excluding carboxylic acids is 2. The molecular formula is C14H17Cl2NO2S. The lowest BCUT2D eigenvalue weighted by Crippen LogP contribution is -2.44. The molecular weight excluding hydrogens is 317 g/mol. The average molecular weight is 334 g/mol. The van der Waals surface area contributed by atoms with Crippen molar-refractivity contribution in [3.8, 4) is 0 Å². The number of amides is 1. The smallest absolute Gasteiger partial charge is 0.230 e. The van der Waals surface area contributed by atoms with Gasteiger partial charge in [-0.05, 0) is 31.0 Å². The molecule has 1 aromatic carbocycles. The first-order valence-corrected chi connectivity index (χ1v) is 7.93. The molecule has 0 saturated heterocycles. The summed E-state index contributed by atoms with van der Waals surface area (Å²) in [5, 5.41) is 3.69. The molecule has 1 amide bonds. The number of benzene rings is 1. The van der Waals surface area contributed by atoms with Gasteiger partial charge in [-0.2, -0.15) is 0 Å². The van der Waals surface area contributed by atoms with Crippen molar-refractivity contribution in [2.24, 2.45) is 5.92 Å². The highest BCUT2D eigenvalue weighted by atomic mass is 35.5. The van der Waals surface area contributed by atoms with E-state index in [0.717, 1.165) is 4.90 Å². The Bertz CT molecular complexity index is 506. The van der Waals surface area contributed by atoms with Crippen LogP contribution >= 0.6 is 35.0 Å². The number of carbonyl (C=O) groups is 2. The Balaban J connectivity index is 2.54. The molecule has 0 bridgehead atoms. The summed E-state index contributed by atoms with van der Waals surface area (Å²) in [6, 6.07) is 4.78. The second-order valence-corrected chi connectivity index (χ2v) is 6.63. The molecule has 0 aliphatic rings. The van der Waals surface area contributed by atoms with Gasteiger partial charge in [-0.25, -0.2) is 0 Å². The molecule has 0 aliphatic carbocycles. The van der Waals surface area contributed by atoms with Gasteiger partial charge in [-0.1, -0.05) is 37.0 Å². The normalized spacial score (nSPS) is 12.3. The number of Topliss-reactive ketones (excluding diaryl/α,β-unsaturated/α-hetero) is 1. The molecule has 1 atom stereocenters. The van der Waals surface area contributed by atoms with E-state index in [4.69, 9.17) is 23.2 Å². The molecule has 0 saturated carbocycles.